The van der Waals surface area contributed by atoms with Gasteiger partial charge in [-0.1, -0.05) is 0 Å². The van der Waals surface area contributed by atoms with E-state index in [1.165, 1.54) is 6.07 Å². The average molecular weight is 277 g/mol. The minimum absolute atomic E-state index is 0.131. The molecule has 0 spiro atoms. The van der Waals surface area contributed by atoms with Gasteiger partial charge in [-0.05, 0) is 15.9 Å². The molecule has 0 saturated heterocycles. The van der Waals surface area contributed by atoms with Crippen LogP contribution in [0.25, 0.3) is 0 Å². The van der Waals surface area contributed by atoms with E-state index in [-0.39, 0.29) is 4.47 Å². The van der Waals surface area contributed by atoms with Gasteiger partial charge < -0.3 is 5.11 Å². The van der Waals surface area contributed by atoms with Crippen molar-refractivity contribution in [2.45, 2.75) is 6.43 Å². The molecule has 0 fully saturated rings. The molecule has 0 aliphatic heterocycles. The fourth-order valence-electron chi connectivity index (χ4n) is 1.02. The second kappa shape index (κ2) is 4.31. The normalized spacial score (nSPS) is 10.1. The molecule has 0 aliphatic rings. The summed E-state index contributed by atoms with van der Waals surface area (Å²) < 4.78 is 24.9. The van der Waals surface area contributed by atoms with Crippen LogP contribution in [0.5, 0.6) is 0 Å². The van der Waals surface area contributed by atoms with Crippen molar-refractivity contribution in [3.05, 3.63) is 27.5 Å². The molecule has 78 valence electrons. The van der Waals surface area contributed by atoms with Crippen LogP contribution in [-0.2, 0) is 0 Å². The third-order valence-corrected chi connectivity index (χ3v) is 2.24. The first-order valence-corrected chi connectivity index (χ1v) is 4.38. The van der Waals surface area contributed by atoms with E-state index in [4.69, 9.17) is 10.4 Å². The van der Waals surface area contributed by atoms with Crippen molar-refractivity contribution < 1.29 is 18.7 Å². The summed E-state index contributed by atoms with van der Waals surface area (Å²) in [4.78, 5) is 14.2. The molecule has 7 heteroatoms. The molecule has 0 unspecified atom stereocenters. The molecule has 15 heavy (non-hydrogen) atoms. The summed E-state index contributed by atoms with van der Waals surface area (Å²) in [6.45, 7) is 0. The maximum atomic E-state index is 12.5. The molecule has 0 aliphatic carbocycles. The van der Waals surface area contributed by atoms with E-state index in [1.54, 1.807) is 0 Å². The highest BCUT2D eigenvalue weighted by Gasteiger charge is 2.25. The Morgan fingerprint density at radius 2 is 2.27 bits per heavy atom. The van der Waals surface area contributed by atoms with Crippen molar-refractivity contribution in [1.82, 2.24) is 4.98 Å². The van der Waals surface area contributed by atoms with E-state index < -0.39 is 29.2 Å². The highest BCUT2D eigenvalue weighted by Crippen LogP contribution is 2.31. The molecule has 1 aromatic rings. The third kappa shape index (κ3) is 2.10. The second-order valence-corrected chi connectivity index (χ2v) is 3.32. The van der Waals surface area contributed by atoms with Gasteiger partial charge in [0.25, 0.3) is 6.43 Å². The zero-order valence-electron chi connectivity index (χ0n) is 7.04. The maximum absolute atomic E-state index is 12.5. The summed E-state index contributed by atoms with van der Waals surface area (Å²) in [7, 11) is 0. The van der Waals surface area contributed by atoms with Gasteiger partial charge >= 0.3 is 5.97 Å². The van der Waals surface area contributed by atoms with Crippen LogP contribution >= 0.6 is 15.9 Å². The molecule has 0 atom stereocenters. The molecule has 4 nitrogen and oxygen atoms in total. The molecule has 0 bridgehead atoms. The van der Waals surface area contributed by atoms with E-state index >= 15 is 0 Å². The fourth-order valence-corrected chi connectivity index (χ4v) is 1.49. The summed E-state index contributed by atoms with van der Waals surface area (Å²) in [5.41, 5.74) is -2.02. The number of carboxylic acids is 1. The molecular weight excluding hydrogens is 274 g/mol. The first-order valence-electron chi connectivity index (χ1n) is 3.59. The van der Waals surface area contributed by atoms with Crippen molar-refractivity contribution >= 4 is 21.9 Å². The van der Waals surface area contributed by atoms with Crippen molar-refractivity contribution in [3.8, 4) is 6.07 Å². The summed E-state index contributed by atoms with van der Waals surface area (Å²) in [5, 5.41) is 17.2. The van der Waals surface area contributed by atoms with E-state index in [9.17, 15) is 13.6 Å². The zero-order valence-corrected chi connectivity index (χ0v) is 8.62. The predicted molar refractivity (Wildman–Crippen MR) is 48.6 cm³/mol. The van der Waals surface area contributed by atoms with Gasteiger partial charge in [-0.25, -0.2) is 18.6 Å². The summed E-state index contributed by atoms with van der Waals surface area (Å²) >= 11 is 2.76. The predicted octanol–water partition coefficient (Wildman–Crippen LogP) is 2.35. The monoisotopic (exact) mass is 276 g/mol. The van der Waals surface area contributed by atoms with Crippen LogP contribution in [-0.4, -0.2) is 16.1 Å². The Bertz CT molecular complexity index is 457. The van der Waals surface area contributed by atoms with Crippen LogP contribution in [0.3, 0.4) is 0 Å². The molecular formula is C8H3BrF2N2O2. The van der Waals surface area contributed by atoms with Gasteiger partial charge in [-0.3, -0.25) is 0 Å². The molecule has 1 heterocycles. The Kier molecular flexibility index (Phi) is 3.31. The number of pyridine rings is 1. The highest BCUT2D eigenvalue weighted by atomic mass is 79.9. The first-order chi connectivity index (χ1) is 6.99. The smallest absolute Gasteiger partial charge is 0.339 e. The van der Waals surface area contributed by atoms with E-state index in [0.717, 1.165) is 6.20 Å². The number of hydrogen-bond donors (Lipinski definition) is 1. The number of carboxylic acid groups (broad SMARTS) is 1. The Morgan fingerprint density at radius 3 is 2.67 bits per heavy atom. The van der Waals surface area contributed by atoms with Gasteiger partial charge in [-0.2, -0.15) is 5.26 Å². The quantitative estimate of drug-likeness (QED) is 0.900. The molecule has 1 aromatic heterocycles. The average Bonchev–Trinajstić information content (AvgIpc) is 2.16. The molecule has 1 N–H and O–H groups in total. The number of rotatable bonds is 2. The summed E-state index contributed by atoms with van der Waals surface area (Å²) in [5.74, 6) is -1.60. The van der Waals surface area contributed by atoms with Crippen molar-refractivity contribution in [2.75, 3.05) is 0 Å². The van der Waals surface area contributed by atoms with Crippen LogP contribution < -0.4 is 0 Å². The Balaban J connectivity index is 3.60. The maximum Gasteiger partial charge on any atom is 0.339 e. The molecule has 0 amide bonds. The number of halogens is 3. The number of aromatic nitrogens is 1. The van der Waals surface area contributed by atoms with Gasteiger partial charge in [0.2, 0.25) is 0 Å². The minimum atomic E-state index is -2.99. The van der Waals surface area contributed by atoms with Crippen molar-refractivity contribution in [2.24, 2.45) is 0 Å². The number of alkyl halides is 2. The number of carbonyl (C=O) groups is 1. The lowest BCUT2D eigenvalue weighted by molar-refractivity contribution is 0.0683. The zero-order chi connectivity index (χ0) is 11.6. The topological polar surface area (TPSA) is 74.0 Å². The summed E-state index contributed by atoms with van der Waals surface area (Å²) in [6.07, 6.45) is -2.01. The van der Waals surface area contributed by atoms with Crippen LogP contribution in [0.2, 0.25) is 0 Å². The standard InChI is InChI=1S/C8H3BrF2N2O2/c9-3-2-13-4(1-12)6(8(14)15)5(3)7(10)11/h2,7H,(H,14,15). The fraction of sp³-hybridized carbons (Fsp3) is 0.125. The SMILES string of the molecule is N#Cc1ncc(Br)c(C(F)F)c1C(=O)O. The molecule has 0 radical (unpaired) electrons. The van der Waals surface area contributed by atoms with E-state index in [0.29, 0.717) is 0 Å². The largest absolute Gasteiger partial charge is 0.478 e. The Morgan fingerprint density at radius 1 is 1.67 bits per heavy atom. The second-order valence-electron chi connectivity index (χ2n) is 2.46. The van der Waals surface area contributed by atoms with Crippen molar-refractivity contribution in [1.29, 1.82) is 5.26 Å². The number of aromatic carboxylic acids is 1. The number of nitriles is 1. The van der Waals surface area contributed by atoms with Crippen LogP contribution in [0.4, 0.5) is 8.78 Å². The van der Waals surface area contributed by atoms with Gasteiger partial charge in [0.15, 0.2) is 5.69 Å². The molecule has 0 saturated carbocycles. The van der Waals surface area contributed by atoms with Crippen LogP contribution in [0.15, 0.2) is 10.7 Å². The number of nitrogens with zero attached hydrogens (tertiary/aromatic N) is 2. The lowest BCUT2D eigenvalue weighted by atomic mass is 10.1. The Labute approximate surface area is 91.3 Å². The van der Waals surface area contributed by atoms with Gasteiger partial charge in [0.1, 0.15) is 11.6 Å². The lowest BCUT2D eigenvalue weighted by Crippen LogP contribution is -2.08. The molecule has 1 rings (SSSR count). The molecule has 0 aromatic carbocycles. The van der Waals surface area contributed by atoms with Gasteiger partial charge in [0, 0.05) is 10.7 Å². The Hall–Kier alpha value is -1.55. The van der Waals surface area contributed by atoms with Crippen molar-refractivity contribution in [3.63, 3.8) is 0 Å². The highest BCUT2D eigenvalue weighted by molar-refractivity contribution is 9.10. The first kappa shape index (κ1) is 11.5. The van der Waals surface area contributed by atoms with Crippen LogP contribution in [0, 0.1) is 11.3 Å². The minimum Gasteiger partial charge on any atom is -0.478 e. The lowest BCUT2D eigenvalue weighted by Gasteiger charge is -2.07. The number of hydrogen-bond acceptors (Lipinski definition) is 3. The van der Waals surface area contributed by atoms with E-state index in [1.807, 2.05) is 0 Å². The van der Waals surface area contributed by atoms with Gasteiger partial charge in [-0.15, -0.1) is 0 Å². The van der Waals surface area contributed by atoms with Gasteiger partial charge in [0.05, 0.1) is 5.56 Å². The van der Waals surface area contributed by atoms with E-state index in [2.05, 4.69) is 20.9 Å². The third-order valence-electron chi connectivity index (χ3n) is 1.61. The van der Waals surface area contributed by atoms with Crippen LogP contribution in [0.1, 0.15) is 28.0 Å². The summed E-state index contributed by atoms with van der Waals surface area (Å²) in [6, 6.07) is 1.45.